The van der Waals surface area contributed by atoms with Gasteiger partial charge in [-0.15, -0.1) is 11.3 Å². The zero-order valence-corrected chi connectivity index (χ0v) is 13.6. The van der Waals surface area contributed by atoms with Crippen LogP contribution in [-0.2, 0) is 0 Å². The number of thiophene rings is 2. The van der Waals surface area contributed by atoms with E-state index >= 15 is 0 Å². The minimum atomic E-state index is -0.110. The van der Waals surface area contributed by atoms with Crippen LogP contribution in [-0.4, -0.2) is 13.0 Å². The van der Waals surface area contributed by atoms with Crippen molar-refractivity contribution >= 4 is 28.6 Å². The summed E-state index contributed by atoms with van der Waals surface area (Å²) >= 11 is 3.27. The van der Waals surface area contributed by atoms with E-state index in [9.17, 15) is 4.79 Å². The van der Waals surface area contributed by atoms with Crippen LogP contribution in [0.1, 0.15) is 26.8 Å². The molecule has 112 valence electrons. The molecule has 0 aliphatic rings. The molecule has 5 heteroatoms. The fraction of sp³-hybridized carbons (Fsp3) is 0.118. The van der Waals surface area contributed by atoms with Gasteiger partial charge in [0.15, 0.2) is 0 Å². The van der Waals surface area contributed by atoms with E-state index in [1.54, 1.807) is 54.0 Å². The van der Waals surface area contributed by atoms with Gasteiger partial charge in [-0.25, -0.2) is 0 Å². The van der Waals surface area contributed by atoms with Gasteiger partial charge in [-0.3, -0.25) is 4.79 Å². The van der Waals surface area contributed by atoms with E-state index in [2.05, 4.69) is 10.7 Å². The van der Waals surface area contributed by atoms with Gasteiger partial charge in [0.25, 0.3) is 5.91 Å². The molecule has 2 heterocycles. The number of benzene rings is 1. The van der Waals surface area contributed by atoms with Crippen molar-refractivity contribution in [3.63, 3.8) is 0 Å². The quantitative estimate of drug-likeness (QED) is 0.756. The number of ether oxygens (including phenoxy) is 1. The summed E-state index contributed by atoms with van der Waals surface area (Å²) in [6.45, 7) is 0. The first-order valence-electron chi connectivity index (χ1n) is 6.78. The highest BCUT2D eigenvalue weighted by Crippen LogP contribution is 2.28. The molecule has 0 bridgehead atoms. The molecule has 3 nitrogen and oxygen atoms in total. The maximum atomic E-state index is 12.5. The Balaban J connectivity index is 1.82. The summed E-state index contributed by atoms with van der Waals surface area (Å²) in [5.74, 6) is 0.649. The second-order valence-corrected chi connectivity index (χ2v) is 6.47. The van der Waals surface area contributed by atoms with Crippen LogP contribution < -0.4 is 10.1 Å². The monoisotopic (exact) mass is 329 g/mol. The Kier molecular flexibility index (Phi) is 4.56. The molecule has 22 heavy (non-hydrogen) atoms. The summed E-state index contributed by atoms with van der Waals surface area (Å²) in [5.41, 5.74) is 1.73. The first-order chi connectivity index (χ1) is 10.8. The third-order valence-electron chi connectivity index (χ3n) is 3.33. The molecule has 0 fully saturated rings. The van der Waals surface area contributed by atoms with Gasteiger partial charge in [0.2, 0.25) is 0 Å². The molecule has 1 atom stereocenters. The van der Waals surface area contributed by atoms with Crippen molar-refractivity contribution in [1.29, 1.82) is 0 Å². The number of hydrogen-bond donors (Lipinski definition) is 1. The largest absolute Gasteiger partial charge is 0.497 e. The van der Waals surface area contributed by atoms with Gasteiger partial charge in [-0.2, -0.15) is 11.3 Å². The van der Waals surface area contributed by atoms with Crippen molar-refractivity contribution in [1.82, 2.24) is 5.32 Å². The van der Waals surface area contributed by atoms with Gasteiger partial charge in [0.05, 0.1) is 13.2 Å². The van der Waals surface area contributed by atoms with Gasteiger partial charge in [0, 0.05) is 10.4 Å². The Morgan fingerprint density at radius 3 is 2.55 bits per heavy atom. The molecule has 2 aromatic heterocycles. The molecule has 3 rings (SSSR count). The van der Waals surface area contributed by atoms with Crippen molar-refractivity contribution in [2.75, 3.05) is 7.11 Å². The van der Waals surface area contributed by atoms with Crippen molar-refractivity contribution < 1.29 is 9.53 Å². The predicted molar refractivity (Wildman–Crippen MR) is 90.9 cm³/mol. The fourth-order valence-corrected chi connectivity index (χ4v) is 3.66. The van der Waals surface area contributed by atoms with E-state index in [1.165, 1.54) is 0 Å². The first-order valence-corrected chi connectivity index (χ1v) is 8.60. The lowest BCUT2D eigenvalue weighted by Gasteiger charge is -2.16. The number of carbonyl (C=O) groups is 1. The first kappa shape index (κ1) is 14.8. The molecule has 0 radical (unpaired) electrons. The van der Waals surface area contributed by atoms with Crippen molar-refractivity contribution in [2.45, 2.75) is 6.04 Å². The van der Waals surface area contributed by atoms with Crippen LogP contribution in [0.2, 0.25) is 0 Å². The third kappa shape index (κ3) is 3.21. The molecule has 1 aromatic carbocycles. The number of methoxy groups -OCH3 is 1. The zero-order chi connectivity index (χ0) is 15.4. The van der Waals surface area contributed by atoms with Crippen LogP contribution in [0.15, 0.2) is 58.6 Å². The number of nitrogens with one attached hydrogen (secondary N) is 1. The highest BCUT2D eigenvalue weighted by molar-refractivity contribution is 7.10. The van der Waals surface area contributed by atoms with E-state index in [0.29, 0.717) is 5.56 Å². The Morgan fingerprint density at radius 1 is 1.14 bits per heavy atom. The van der Waals surface area contributed by atoms with Gasteiger partial charge < -0.3 is 10.1 Å². The molecular weight excluding hydrogens is 314 g/mol. The Hall–Kier alpha value is -2.11. The van der Waals surface area contributed by atoms with Gasteiger partial charge >= 0.3 is 0 Å². The second kappa shape index (κ2) is 6.77. The molecule has 1 N–H and O–H groups in total. The van der Waals surface area contributed by atoms with E-state index in [0.717, 1.165) is 16.2 Å². The number of rotatable bonds is 5. The summed E-state index contributed by atoms with van der Waals surface area (Å²) < 4.78 is 5.12. The molecule has 0 saturated carbocycles. The SMILES string of the molecule is COc1ccc(C(=O)N[C@H](c2ccsc2)c2cccs2)cc1. The number of hydrogen-bond acceptors (Lipinski definition) is 4. The second-order valence-electron chi connectivity index (χ2n) is 4.71. The Labute approximate surface area is 137 Å². The van der Waals surface area contributed by atoms with Crippen LogP contribution >= 0.6 is 22.7 Å². The van der Waals surface area contributed by atoms with Crippen molar-refractivity contribution in [2.24, 2.45) is 0 Å². The van der Waals surface area contributed by atoms with Gasteiger partial charge in [0.1, 0.15) is 5.75 Å². The number of amides is 1. The van der Waals surface area contributed by atoms with Gasteiger partial charge in [-0.1, -0.05) is 6.07 Å². The molecule has 3 aromatic rings. The third-order valence-corrected chi connectivity index (χ3v) is 4.97. The van der Waals surface area contributed by atoms with Crippen molar-refractivity contribution in [3.05, 3.63) is 74.6 Å². The summed E-state index contributed by atoms with van der Waals surface area (Å²) in [6.07, 6.45) is 0. The predicted octanol–water partition coefficient (Wildman–Crippen LogP) is 4.34. The Bertz CT molecular complexity index is 684. The van der Waals surface area contributed by atoms with Crippen LogP contribution in [0.3, 0.4) is 0 Å². The Morgan fingerprint density at radius 2 is 1.95 bits per heavy atom. The van der Waals surface area contributed by atoms with Crippen LogP contribution in [0, 0.1) is 0 Å². The van der Waals surface area contributed by atoms with Crippen LogP contribution in [0.4, 0.5) is 0 Å². The maximum Gasteiger partial charge on any atom is 0.252 e. The lowest BCUT2D eigenvalue weighted by molar-refractivity contribution is 0.0943. The number of carbonyl (C=O) groups excluding carboxylic acids is 1. The highest BCUT2D eigenvalue weighted by atomic mass is 32.1. The van der Waals surface area contributed by atoms with Crippen molar-refractivity contribution in [3.8, 4) is 5.75 Å². The lowest BCUT2D eigenvalue weighted by atomic mass is 10.1. The van der Waals surface area contributed by atoms with E-state index in [1.807, 2.05) is 29.0 Å². The molecular formula is C17H15NO2S2. The zero-order valence-electron chi connectivity index (χ0n) is 12.0. The molecule has 0 spiro atoms. The molecule has 0 aliphatic carbocycles. The average Bonchev–Trinajstić information content (AvgIpc) is 3.26. The fourth-order valence-electron chi connectivity index (χ4n) is 2.17. The van der Waals surface area contributed by atoms with E-state index < -0.39 is 0 Å². The molecule has 1 amide bonds. The summed E-state index contributed by atoms with van der Waals surface area (Å²) in [5, 5.41) is 9.23. The van der Waals surface area contributed by atoms with Crippen LogP contribution in [0.5, 0.6) is 5.75 Å². The topological polar surface area (TPSA) is 38.3 Å². The average molecular weight is 329 g/mol. The van der Waals surface area contributed by atoms with E-state index in [-0.39, 0.29) is 11.9 Å². The summed E-state index contributed by atoms with van der Waals surface area (Å²) in [6, 6.07) is 13.1. The standard InChI is InChI=1S/C17H15NO2S2/c1-20-14-6-4-12(5-7-14)17(19)18-16(13-8-10-21-11-13)15-3-2-9-22-15/h2-11,16H,1H3,(H,18,19)/t16-/m1/s1. The molecule has 0 unspecified atom stereocenters. The molecule has 0 saturated heterocycles. The van der Waals surface area contributed by atoms with Gasteiger partial charge in [-0.05, 0) is 58.1 Å². The molecule has 0 aliphatic heterocycles. The summed E-state index contributed by atoms with van der Waals surface area (Å²) in [4.78, 5) is 13.6. The minimum absolute atomic E-state index is 0.0905. The normalized spacial score (nSPS) is 11.9. The summed E-state index contributed by atoms with van der Waals surface area (Å²) in [7, 11) is 1.61. The maximum absolute atomic E-state index is 12.5. The van der Waals surface area contributed by atoms with Crippen LogP contribution in [0.25, 0.3) is 0 Å². The smallest absolute Gasteiger partial charge is 0.252 e. The van der Waals surface area contributed by atoms with E-state index in [4.69, 9.17) is 4.74 Å². The lowest BCUT2D eigenvalue weighted by Crippen LogP contribution is -2.28. The minimum Gasteiger partial charge on any atom is -0.497 e. The highest BCUT2D eigenvalue weighted by Gasteiger charge is 2.19.